The van der Waals surface area contributed by atoms with Gasteiger partial charge in [0.15, 0.2) is 0 Å². The summed E-state index contributed by atoms with van der Waals surface area (Å²) < 4.78 is 5.39. The molecule has 0 bridgehead atoms. The van der Waals surface area contributed by atoms with Crippen LogP contribution in [0.1, 0.15) is 45.9 Å². The van der Waals surface area contributed by atoms with Crippen molar-refractivity contribution >= 4 is 17.7 Å². The number of rotatable bonds is 6. The lowest BCUT2D eigenvalue weighted by atomic mass is 10.2. The minimum absolute atomic E-state index is 0.00588. The van der Waals surface area contributed by atoms with Crippen LogP contribution in [0.4, 0.5) is 0 Å². The van der Waals surface area contributed by atoms with Gasteiger partial charge < -0.3 is 9.73 Å². The summed E-state index contributed by atoms with van der Waals surface area (Å²) in [7, 11) is 0. The molecule has 0 aliphatic rings. The van der Waals surface area contributed by atoms with Gasteiger partial charge in [-0.05, 0) is 13.3 Å². The summed E-state index contributed by atoms with van der Waals surface area (Å²) in [6.07, 6.45) is 0.925. The van der Waals surface area contributed by atoms with Gasteiger partial charge in [0.25, 0.3) is 5.22 Å². The Morgan fingerprint density at radius 2 is 2.12 bits per heavy atom. The van der Waals surface area contributed by atoms with Gasteiger partial charge in [-0.3, -0.25) is 4.79 Å². The number of aromatic nitrogens is 2. The van der Waals surface area contributed by atoms with Crippen LogP contribution in [0.15, 0.2) is 9.64 Å². The lowest BCUT2D eigenvalue weighted by molar-refractivity contribution is -0.119. The Bertz CT molecular complexity index is 365. The smallest absolute Gasteiger partial charge is 0.277 e. The van der Waals surface area contributed by atoms with Crippen LogP contribution in [-0.4, -0.2) is 27.9 Å². The maximum absolute atomic E-state index is 11.5. The van der Waals surface area contributed by atoms with Gasteiger partial charge in [0.2, 0.25) is 11.8 Å². The highest BCUT2D eigenvalue weighted by Gasteiger charge is 2.12. The van der Waals surface area contributed by atoms with Gasteiger partial charge in [-0.1, -0.05) is 32.5 Å². The zero-order valence-corrected chi connectivity index (χ0v) is 11.5. The fourth-order valence-corrected chi connectivity index (χ4v) is 1.64. The third kappa shape index (κ3) is 4.77. The van der Waals surface area contributed by atoms with Crippen LogP contribution in [0.25, 0.3) is 0 Å². The lowest BCUT2D eigenvalue weighted by Gasteiger charge is -2.09. The van der Waals surface area contributed by atoms with Crippen molar-refractivity contribution in [2.75, 3.05) is 5.75 Å². The predicted octanol–water partition coefficient (Wildman–Crippen LogP) is 2.20. The summed E-state index contributed by atoms with van der Waals surface area (Å²) in [5.74, 6) is 1.12. The van der Waals surface area contributed by atoms with Crippen LogP contribution in [0.3, 0.4) is 0 Å². The number of thioether (sulfide) groups is 1. The first-order valence-electron chi connectivity index (χ1n) is 5.78. The molecule has 0 fully saturated rings. The van der Waals surface area contributed by atoms with E-state index in [2.05, 4.69) is 15.5 Å². The molecular weight excluding hydrogens is 238 g/mol. The van der Waals surface area contributed by atoms with Crippen molar-refractivity contribution in [1.29, 1.82) is 0 Å². The molecule has 1 atom stereocenters. The first kappa shape index (κ1) is 14.0. The fourth-order valence-electron chi connectivity index (χ4n) is 1.06. The number of nitrogens with one attached hydrogen (secondary N) is 1. The van der Waals surface area contributed by atoms with Crippen molar-refractivity contribution in [3.63, 3.8) is 0 Å². The summed E-state index contributed by atoms with van der Waals surface area (Å²) in [4.78, 5) is 11.5. The van der Waals surface area contributed by atoms with Gasteiger partial charge in [-0.25, -0.2) is 0 Å². The van der Waals surface area contributed by atoms with Gasteiger partial charge in [-0.15, -0.1) is 10.2 Å². The first-order chi connectivity index (χ1) is 8.02. The topological polar surface area (TPSA) is 68.0 Å². The number of amides is 1. The summed E-state index contributed by atoms with van der Waals surface area (Å²) >= 11 is 1.27. The number of nitrogens with zero attached hydrogens (tertiary/aromatic N) is 2. The Balaban J connectivity index is 2.37. The highest BCUT2D eigenvalue weighted by Crippen LogP contribution is 2.19. The Morgan fingerprint density at radius 3 is 2.65 bits per heavy atom. The average Bonchev–Trinajstić information content (AvgIpc) is 2.75. The second-order valence-corrected chi connectivity index (χ2v) is 5.15. The summed E-state index contributed by atoms with van der Waals surface area (Å²) in [5, 5.41) is 11.1. The molecule has 0 saturated carbocycles. The van der Waals surface area contributed by atoms with Crippen molar-refractivity contribution in [3.05, 3.63) is 5.89 Å². The van der Waals surface area contributed by atoms with Crippen LogP contribution < -0.4 is 5.32 Å². The van der Waals surface area contributed by atoms with Gasteiger partial charge in [0.1, 0.15) is 0 Å². The monoisotopic (exact) mass is 257 g/mol. The lowest BCUT2D eigenvalue weighted by Crippen LogP contribution is -2.33. The van der Waals surface area contributed by atoms with Crippen LogP contribution in [0.2, 0.25) is 0 Å². The molecule has 0 unspecified atom stereocenters. The summed E-state index contributed by atoms with van der Waals surface area (Å²) in [6.45, 7) is 7.98. The van der Waals surface area contributed by atoms with E-state index in [4.69, 9.17) is 4.42 Å². The molecular formula is C11H19N3O2S. The Morgan fingerprint density at radius 1 is 1.41 bits per heavy atom. The number of carbonyl (C=O) groups excluding carboxylic acids is 1. The second-order valence-electron chi connectivity index (χ2n) is 4.23. The number of carbonyl (C=O) groups is 1. The minimum atomic E-state index is -0.00588. The number of hydrogen-bond donors (Lipinski definition) is 1. The molecule has 1 N–H and O–H groups in total. The Labute approximate surface area is 106 Å². The Kier molecular flexibility index (Phi) is 5.47. The van der Waals surface area contributed by atoms with Crippen LogP contribution >= 0.6 is 11.8 Å². The molecule has 5 nitrogen and oxygen atoms in total. The predicted molar refractivity (Wildman–Crippen MR) is 67.0 cm³/mol. The van der Waals surface area contributed by atoms with E-state index in [1.807, 2.05) is 27.7 Å². The molecule has 0 spiro atoms. The molecule has 1 heterocycles. The summed E-state index contributed by atoms with van der Waals surface area (Å²) in [5.41, 5.74) is 0. The van der Waals surface area contributed by atoms with E-state index in [9.17, 15) is 4.79 Å². The van der Waals surface area contributed by atoms with Crippen molar-refractivity contribution in [2.45, 2.75) is 51.3 Å². The molecule has 0 radical (unpaired) electrons. The van der Waals surface area contributed by atoms with Crippen molar-refractivity contribution in [1.82, 2.24) is 15.5 Å². The van der Waals surface area contributed by atoms with E-state index >= 15 is 0 Å². The number of hydrogen-bond acceptors (Lipinski definition) is 5. The average molecular weight is 257 g/mol. The van der Waals surface area contributed by atoms with Crippen LogP contribution in [-0.2, 0) is 4.79 Å². The SMILES string of the molecule is CC[C@H](C)NC(=O)CSc1nnc(C(C)C)o1. The molecule has 1 amide bonds. The maximum atomic E-state index is 11.5. The normalized spacial score (nSPS) is 12.8. The molecule has 0 aliphatic carbocycles. The quantitative estimate of drug-likeness (QED) is 0.791. The molecule has 1 aromatic heterocycles. The fraction of sp³-hybridized carbons (Fsp3) is 0.727. The van der Waals surface area contributed by atoms with Gasteiger partial charge in [-0.2, -0.15) is 0 Å². The first-order valence-corrected chi connectivity index (χ1v) is 6.77. The van der Waals surface area contributed by atoms with Crippen molar-refractivity contribution in [2.24, 2.45) is 0 Å². The third-order valence-corrected chi connectivity index (χ3v) is 3.08. The minimum Gasteiger partial charge on any atom is -0.416 e. The van der Waals surface area contributed by atoms with Gasteiger partial charge in [0, 0.05) is 12.0 Å². The summed E-state index contributed by atoms with van der Waals surface area (Å²) in [6, 6.07) is 0.206. The molecule has 6 heteroatoms. The Hall–Kier alpha value is -1.04. The maximum Gasteiger partial charge on any atom is 0.277 e. The van der Waals surface area contributed by atoms with Gasteiger partial charge >= 0.3 is 0 Å². The van der Waals surface area contributed by atoms with Crippen LogP contribution in [0, 0.1) is 0 Å². The van der Waals surface area contributed by atoms with E-state index in [0.717, 1.165) is 6.42 Å². The standard InChI is InChI=1S/C11H19N3O2S/c1-5-8(4)12-9(15)6-17-11-14-13-10(16-11)7(2)3/h7-8H,5-6H2,1-4H3,(H,12,15)/t8-/m0/s1. The molecule has 0 aliphatic heterocycles. The molecule has 0 aromatic carbocycles. The highest BCUT2D eigenvalue weighted by atomic mass is 32.2. The van der Waals surface area contributed by atoms with E-state index in [1.54, 1.807) is 0 Å². The largest absolute Gasteiger partial charge is 0.416 e. The van der Waals surface area contributed by atoms with E-state index in [1.165, 1.54) is 11.8 Å². The van der Waals surface area contributed by atoms with Crippen molar-refractivity contribution < 1.29 is 9.21 Å². The van der Waals surface area contributed by atoms with E-state index in [0.29, 0.717) is 16.9 Å². The molecule has 1 aromatic rings. The molecule has 1 rings (SSSR count). The van der Waals surface area contributed by atoms with E-state index in [-0.39, 0.29) is 17.9 Å². The molecule has 96 valence electrons. The zero-order chi connectivity index (χ0) is 12.8. The van der Waals surface area contributed by atoms with Crippen LogP contribution in [0.5, 0.6) is 0 Å². The second kappa shape index (κ2) is 6.64. The van der Waals surface area contributed by atoms with Crippen molar-refractivity contribution in [3.8, 4) is 0 Å². The third-order valence-electron chi connectivity index (χ3n) is 2.26. The zero-order valence-electron chi connectivity index (χ0n) is 10.7. The van der Waals surface area contributed by atoms with E-state index < -0.39 is 0 Å². The highest BCUT2D eigenvalue weighted by molar-refractivity contribution is 7.99. The molecule has 0 saturated heterocycles. The van der Waals surface area contributed by atoms with Gasteiger partial charge in [0.05, 0.1) is 5.75 Å². The molecule has 17 heavy (non-hydrogen) atoms.